The number of carbonyl (C=O) groups is 1. The van der Waals surface area contributed by atoms with E-state index in [9.17, 15) is 4.79 Å². The summed E-state index contributed by atoms with van der Waals surface area (Å²) in [6.45, 7) is 6.07. The van der Waals surface area contributed by atoms with Gasteiger partial charge in [0.05, 0.1) is 21.4 Å². The summed E-state index contributed by atoms with van der Waals surface area (Å²) in [5.41, 5.74) is 3.79. The summed E-state index contributed by atoms with van der Waals surface area (Å²) in [4.78, 5) is 31.3. The summed E-state index contributed by atoms with van der Waals surface area (Å²) in [6.07, 6.45) is 0. The largest absolute Gasteiger partial charge is 0.367 e. The van der Waals surface area contributed by atoms with E-state index in [1.165, 1.54) is 11.8 Å². The first-order valence-electron chi connectivity index (χ1n) is 14.2. The molecule has 0 aliphatic carbocycles. The predicted octanol–water partition coefficient (Wildman–Crippen LogP) is 7.02. The molecule has 6 rings (SSSR count). The molecule has 0 N–H and O–H groups in total. The Morgan fingerprint density at radius 3 is 1.88 bits per heavy atom. The normalized spacial score (nSPS) is 15.6. The Kier molecular flexibility index (Phi) is 9.48. The summed E-state index contributed by atoms with van der Waals surface area (Å²) >= 11 is 20.7. The lowest BCUT2D eigenvalue weighted by atomic mass is 10.1. The fraction of sp³-hybridized carbons (Fsp3) is 0.281. The number of amides is 1. The monoisotopic (exact) mass is 652 g/mol. The van der Waals surface area contributed by atoms with Crippen LogP contribution in [-0.4, -0.2) is 73.1 Å². The number of hydrogen-bond donors (Lipinski definition) is 0. The second-order valence-corrected chi connectivity index (χ2v) is 12.6. The highest BCUT2D eigenvalue weighted by molar-refractivity contribution is 7.98. The quantitative estimate of drug-likeness (QED) is 0.121. The minimum Gasteiger partial charge on any atom is -0.367 e. The standard InChI is InChI=1S/C32H31Cl3N6OS/c33-25-8-1-3-10-27(25)38-12-16-40(17-13-38)30-21-29(35)36-32(37-30)43-22-23-6-5-7-24(20-23)31(42)41-18-14-39(15-19-41)28-11-4-2-9-26(28)34/h1-11,20-21H,12-19,22H2. The van der Waals surface area contributed by atoms with Gasteiger partial charge in [0, 0.05) is 69.7 Å². The molecule has 0 atom stereocenters. The number of piperazine rings is 2. The van der Waals surface area contributed by atoms with E-state index in [-0.39, 0.29) is 5.91 Å². The molecule has 0 unspecified atom stereocenters. The molecule has 43 heavy (non-hydrogen) atoms. The number of thioether (sulfide) groups is 1. The molecule has 1 aromatic heterocycles. The predicted molar refractivity (Wildman–Crippen MR) is 178 cm³/mol. The molecular formula is C32H31Cl3N6OS. The summed E-state index contributed by atoms with van der Waals surface area (Å²) in [7, 11) is 0. The van der Waals surface area contributed by atoms with Crippen molar-refractivity contribution in [1.82, 2.24) is 14.9 Å². The van der Waals surface area contributed by atoms with E-state index in [4.69, 9.17) is 39.8 Å². The minimum atomic E-state index is 0.0443. The Bertz CT molecular complexity index is 1590. The third-order valence-corrected chi connectivity index (χ3v) is 9.51. The van der Waals surface area contributed by atoms with Crippen molar-refractivity contribution in [3.05, 3.63) is 105 Å². The minimum absolute atomic E-state index is 0.0443. The topological polar surface area (TPSA) is 55.8 Å². The van der Waals surface area contributed by atoms with Crippen LogP contribution in [0.2, 0.25) is 15.2 Å². The molecule has 0 radical (unpaired) electrons. The molecule has 0 spiro atoms. The third kappa shape index (κ3) is 7.15. The molecule has 11 heteroatoms. The van der Waals surface area contributed by atoms with E-state index < -0.39 is 0 Å². The lowest BCUT2D eigenvalue weighted by Crippen LogP contribution is -2.48. The molecule has 2 aliphatic heterocycles. The van der Waals surface area contributed by atoms with Crippen LogP contribution >= 0.6 is 46.6 Å². The van der Waals surface area contributed by atoms with Gasteiger partial charge in [0.15, 0.2) is 5.16 Å². The Hall–Kier alpha value is -3.17. The van der Waals surface area contributed by atoms with Gasteiger partial charge >= 0.3 is 0 Å². The molecule has 7 nitrogen and oxygen atoms in total. The number of carbonyl (C=O) groups excluding carboxylic acids is 1. The summed E-state index contributed by atoms with van der Waals surface area (Å²) in [5, 5.41) is 2.53. The average molecular weight is 654 g/mol. The summed E-state index contributed by atoms with van der Waals surface area (Å²) in [6, 6.07) is 25.4. The molecule has 4 aromatic rings. The van der Waals surface area contributed by atoms with Gasteiger partial charge in [0.25, 0.3) is 5.91 Å². The molecule has 0 saturated carbocycles. The van der Waals surface area contributed by atoms with Crippen LogP contribution < -0.4 is 14.7 Å². The van der Waals surface area contributed by atoms with E-state index >= 15 is 0 Å². The van der Waals surface area contributed by atoms with Crippen molar-refractivity contribution in [3.8, 4) is 0 Å². The average Bonchev–Trinajstić information content (AvgIpc) is 3.04. The molecular weight excluding hydrogens is 623 g/mol. The SMILES string of the molecule is O=C(c1cccc(CSc2nc(Cl)cc(N3CCN(c4ccccc4Cl)CC3)n2)c1)N1CCN(c2ccccc2Cl)CC1. The maximum atomic E-state index is 13.3. The molecule has 2 aliphatic rings. The zero-order valence-corrected chi connectivity index (χ0v) is 26.6. The van der Waals surface area contributed by atoms with Gasteiger partial charge in [0.1, 0.15) is 11.0 Å². The first-order valence-corrected chi connectivity index (χ1v) is 16.4. The van der Waals surface area contributed by atoms with Gasteiger partial charge in [-0.3, -0.25) is 4.79 Å². The van der Waals surface area contributed by atoms with Crippen molar-refractivity contribution in [1.29, 1.82) is 0 Å². The van der Waals surface area contributed by atoms with Crippen LogP contribution in [0, 0.1) is 0 Å². The van der Waals surface area contributed by atoms with Crippen molar-refractivity contribution in [2.75, 3.05) is 67.1 Å². The van der Waals surface area contributed by atoms with Crippen LogP contribution in [0.15, 0.2) is 84.0 Å². The van der Waals surface area contributed by atoms with Crippen LogP contribution in [-0.2, 0) is 5.75 Å². The van der Waals surface area contributed by atoms with Crippen LogP contribution in [0.3, 0.4) is 0 Å². The van der Waals surface area contributed by atoms with Crippen molar-refractivity contribution in [2.24, 2.45) is 0 Å². The van der Waals surface area contributed by atoms with Gasteiger partial charge in [-0.25, -0.2) is 9.97 Å². The number of hydrogen-bond acceptors (Lipinski definition) is 7. The van der Waals surface area contributed by atoms with Gasteiger partial charge in [-0.15, -0.1) is 0 Å². The van der Waals surface area contributed by atoms with E-state index in [0.717, 1.165) is 72.1 Å². The van der Waals surface area contributed by atoms with Crippen molar-refractivity contribution in [2.45, 2.75) is 10.9 Å². The Balaban J connectivity index is 1.05. The number of benzene rings is 3. The fourth-order valence-corrected chi connectivity index (χ4v) is 7.01. The summed E-state index contributed by atoms with van der Waals surface area (Å²) in [5.74, 6) is 1.49. The van der Waals surface area contributed by atoms with Gasteiger partial charge in [-0.05, 0) is 42.0 Å². The zero-order chi connectivity index (χ0) is 29.8. The molecule has 0 bridgehead atoms. The molecule has 2 saturated heterocycles. The van der Waals surface area contributed by atoms with Crippen LogP contribution in [0.25, 0.3) is 0 Å². The van der Waals surface area contributed by atoms with Gasteiger partial charge < -0.3 is 19.6 Å². The smallest absolute Gasteiger partial charge is 0.253 e. The molecule has 3 heterocycles. The van der Waals surface area contributed by atoms with Crippen LogP contribution in [0.1, 0.15) is 15.9 Å². The van der Waals surface area contributed by atoms with E-state index in [1.807, 2.05) is 77.7 Å². The van der Waals surface area contributed by atoms with Crippen molar-refractivity contribution < 1.29 is 4.79 Å². The highest BCUT2D eigenvalue weighted by Gasteiger charge is 2.24. The lowest BCUT2D eigenvalue weighted by molar-refractivity contribution is 0.0746. The van der Waals surface area contributed by atoms with Crippen molar-refractivity contribution in [3.63, 3.8) is 0 Å². The number of anilines is 3. The number of rotatable bonds is 7. The van der Waals surface area contributed by atoms with Gasteiger partial charge in [-0.1, -0.05) is 83.0 Å². The highest BCUT2D eigenvalue weighted by atomic mass is 35.5. The Morgan fingerprint density at radius 1 is 0.674 bits per heavy atom. The third-order valence-electron chi connectivity index (χ3n) is 7.76. The van der Waals surface area contributed by atoms with E-state index in [2.05, 4.69) is 25.8 Å². The van der Waals surface area contributed by atoms with Crippen LogP contribution in [0.5, 0.6) is 0 Å². The second kappa shape index (κ2) is 13.6. The highest BCUT2D eigenvalue weighted by Crippen LogP contribution is 2.30. The molecule has 1 amide bonds. The van der Waals surface area contributed by atoms with Crippen LogP contribution in [0.4, 0.5) is 17.2 Å². The first-order chi connectivity index (χ1) is 20.9. The van der Waals surface area contributed by atoms with Gasteiger partial charge in [-0.2, -0.15) is 0 Å². The lowest BCUT2D eigenvalue weighted by Gasteiger charge is -2.37. The number of nitrogens with zero attached hydrogens (tertiary/aromatic N) is 6. The second-order valence-electron chi connectivity index (χ2n) is 10.5. The first kappa shape index (κ1) is 29.9. The maximum absolute atomic E-state index is 13.3. The molecule has 3 aromatic carbocycles. The van der Waals surface area contributed by atoms with Gasteiger partial charge in [0.2, 0.25) is 0 Å². The zero-order valence-electron chi connectivity index (χ0n) is 23.5. The Labute approximate surface area is 271 Å². The number of aromatic nitrogens is 2. The number of halogens is 3. The molecule has 222 valence electrons. The molecule has 2 fully saturated rings. The number of para-hydroxylation sites is 2. The Morgan fingerprint density at radius 2 is 1.26 bits per heavy atom. The van der Waals surface area contributed by atoms with E-state index in [1.54, 1.807) is 0 Å². The van der Waals surface area contributed by atoms with E-state index in [0.29, 0.717) is 34.7 Å². The summed E-state index contributed by atoms with van der Waals surface area (Å²) < 4.78 is 0. The van der Waals surface area contributed by atoms with Crippen molar-refractivity contribution >= 4 is 69.7 Å². The fourth-order valence-electron chi connectivity index (χ4n) is 5.48. The maximum Gasteiger partial charge on any atom is 0.253 e.